The fourth-order valence-corrected chi connectivity index (χ4v) is 9.38. The van der Waals surface area contributed by atoms with Gasteiger partial charge in [0.2, 0.25) is 0 Å². The van der Waals surface area contributed by atoms with Gasteiger partial charge in [-0.15, -0.1) is 0 Å². The van der Waals surface area contributed by atoms with Crippen LogP contribution < -0.4 is 4.74 Å². The zero-order valence-electron chi connectivity index (χ0n) is 19.5. The number of rotatable bonds is 4. The van der Waals surface area contributed by atoms with Gasteiger partial charge in [0.05, 0.1) is 5.60 Å². The second kappa shape index (κ2) is 5.69. The maximum atomic E-state index is 11.4. The number of likely N-dealkylation sites (tertiary alicyclic amines) is 1. The molecule has 5 aliphatic carbocycles. The third-order valence-electron chi connectivity index (χ3n) is 10.7. The van der Waals surface area contributed by atoms with Crippen molar-refractivity contribution in [3.63, 3.8) is 0 Å². The molecule has 4 bridgehead atoms. The molecule has 8 rings (SSSR count). The van der Waals surface area contributed by atoms with Crippen LogP contribution in [0.5, 0.6) is 5.75 Å². The highest BCUT2D eigenvalue weighted by atomic mass is 16.6. The van der Waals surface area contributed by atoms with Crippen LogP contribution in [0.15, 0.2) is 12.1 Å². The Morgan fingerprint density at radius 1 is 1.23 bits per heavy atom. The lowest BCUT2D eigenvalue weighted by Gasteiger charge is -2.75. The number of hydrogen-bond acceptors (Lipinski definition) is 4. The summed E-state index contributed by atoms with van der Waals surface area (Å²) in [6.07, 6.45) is 8.41. The molecular weight excluding hydrogens is 386 g/mol. The molecule has 1 aromatic carbocycles. The Morgan fingerprint density at radius 2 is 2.03 bits per heavy atom. The second-order valence-electron chi connectivity index (χ2n) is 12.3. The molecule has 4 heteroatoms. The molecule has 6 atom stereocenters. The predicted octanol–water partition coefficient (Wildman–Crippen LogP) is 3.99. The Morgan fingerprint density at radius 3 is 2.74 bits per heavy atom. The van der Waals surface area contributed by atoms with Crippen molar-refractivity contribution in [3.8, 4) is 5.75 Å². The average molecular weight is 424 g/mol. The van der Waals surface area contributed by atoms with Crippen LogP contribution in [-0.4, -0.2) is 53.6 Å². The van der Waals surface area contributed by atoms with E-state index in [0.29, 0.717) is 6.04 Å². The van der Waals surface area contributed by atoms with Crippen LogP contribution in [-0.2, 0) is 16.6 Å². The Bertz CT molecular complexity index is 964. The van der Waals surface area contributed by atoms with Crippen molar-refractivity contribution >= 4 is 0 Å². The van der Waals surface area contributed by atoms with Gasteiger partial charge >= 0.3 is 0 Å². The molecule has 5 fully saturated rings. The van der Waals surface area contributed by atoms with Crippen molar-refractivity contribution in [3.05, 3.63) is 28.8 Å². The molecule has 1 aromatic rings. The Balaban J connectivity index is 1.49. The standard InChI is InChI=1S/C27H37NO3/c1-16-5-8-18-13-20-25-9-10-27(30-4,19(14-25)24(2,3)29)23-26(25,21(18)22(16)31-23)11-12-28(20)15-17-6-7-17/h5,8,17,19-20,23,29H,6-7,9-15H2,1-4H3/t19-,20-,23?,25-,26+,27+/m1/s1. The van der Waals surface area contributed by atoms with Gasteiger partial charge < -0.3 is 14.6 Å². The van der Waals surface area contributed by atoms with Gasteiger partial charge in [-0.1, -0.05) is 12.1 Å². The van der Waals surface area contributed by atoms with Gasteiger partial charge in [-0.05, 0) is 89.3 Å². The highest BCUT2D eigenvalue weighted by Gasteiger charge is 2.81. The van der Waals surface area contributed by atoms with E-state index in [-0.39, 0.29) is 22.9 Å². The summed E-state index contributed by atoms with van der Waals surface area (Å²) < 4.78 is 13.5. The minimum Gasteiger partial charge on any atom is -0.486 e. The number of methoxy groups -OCH3 is 1. The van der Waals surface area contributed by atoms with Gasteiger partial charge in [0.15, 0.2) is 0 Å². The largest absolute Gasteiger partial charge is 0.486 e. The fraction of sp³-hybridized carbons (Fsp3) is 0.778. The first kappa shape index (κ1) is 19.4. The van der Waals surface area contributed by atoms with Crippen LogP contribution in [0.4, 0.5) is 0 Å². The van der Waals surface area contributed by atoms with E-state index in [9.17, 15) is 5.11 Å². The molecule has 168 valence electrons. The topological polar surface area (TPSA) is 41.9 Å². The average Bonchev–Trinajstić information content (AvgIpc) is 3.47. The summed E-state index contributed by atoms with van der Waals surface area (Å²) in [4.78, 5) is 2.87. The molecule has 0 amide bonds. The third-order valence-corrected chi connectivity index (χ3v) is 10.7. The number of aryl methyl sites for hydroxylation is 1. The molecular formula is C27H37NO3. The van der Waals surface area contributed by atoms with Gasteiger partial charge in [-0.3, -0.25) is 4.90 Å². The smallest absolute Gasteiger partial charge is 0.138 e. The van der Waals surface area contributed by atoms with Gasteiger partial charge in [-0.2, -0.15) is 0 Å². The first-order valence-corrected chi connectivity index (χ1v) is 12.6. The monoisotopic (exact) mass is 423 g/mol. The zero-order valence-corrected chi connectivity index (χ0v) is 19.5. The SMILES string of the molecule is CO[C@@]12CC[C@@]3(C[C@@H]1C(C)(C)O)[C@H]1Cc4ccc(C)c5c4[C@@]3(CCN1CC1CC1)C2O5. The molecule has 0 radical (unpaired) electrons. The summed E-state index contributed by atoms with van der Waals surface area (Å²) in [7, 11) is 1.87. The summed E-state index contributed by atoms with van der Waals surface area (Å²) in [5, 5.41) is 11.4. The quantitative estimate of drug-likeness (QED) is 0.795. The van der Waals surface area contributed by atoms with Crippen molar-refractivity contribution in [2.75, 3.05) is 20.2 Å². The third kappa shape index (κ3) is 2.05. The van der Waals surface area contributed by atoms with Crippen molar-refractivity contribution in [1.29, 1.82) is 0 Å². The summed E-state index contributed by atoms with van der Waals surface area (Å²) in [5.74, 6) is 2.16. The summed E-state index contributed by atoms with van der Waals surface area (Å²) in [6.45, 7) is 8.66. The first-order valence-electron chi connectivity index (χ1n) is 12.6. The molecule has 4 nitrogen and oxygen atoms in total. The Hall–Kier alpha value is -1.10. The molecule has 0 aromatic heterocycles. The van der Waals surface area contributed by atoms with E-state index in [4.69, 9.17) is 9.47 Å². The molecule has 2 spiro atoms. The lowest BCUT2D eigenvalue weighted by Crippen LogP contribution is -2.82. The minimum absolute atomic E-state index is 0.0182. The molecule has 2 heterocycles. The second-order valence-corrected chi connectivity index (χ2v) is 12.3. The lowest BCUT2D eigenvalue weighted by molar-refractivity contribution is -0.300. The Kier molecular flexibility index (Phi) is 3.55. The number of piperidine rings is 1. The summed E-state index contributed by atoms with van der Waals surface area (Å²) >= 11 is 0. The van der Waals surface area contributed by atoms with E-state index in [0.717, 1.165) is 30.9 Å². The highest BCUT2D eigenvalue weighted by Crippen LogP contribution is 2.77. The van der Waals surface area contributed by atoms with Crippen LogP contribution in [0.1, 0.15) is 69.1 Å². The molecule has 31 heavy (non-hydrogen) atoms. The summed E-state index contributed by atoms with van der Waals surface area (Å²) in [5.41, 5.74) is 3.36. The molecule has 2 aliphatic heterocycles. The number of benzene rings is 1. The molecule has 7 aliphatic rings. The van der Waals surface area contributed by atoms with Crippen molar-refractivity contribution < 1.29 is 14.6 Å². The maximum absolute atomic E-state index is 11.4. The van der Waals surface area contributed by atoms with Crippen LogP contribution in [0, 0.1) is 24.2 Å². The molecule has 1 unspecified atom stereocenters. The van der Waals surface area contributed by atoms with Crippen molar-refractivity contribution in [2.24, 2.45) is 17.3 Å². The van der Waals surface area contributed by atoms with Crippen LogP contribution >= 0.6 is 0 Å². The van der Waals surface area contributed by atoms with E-state index >= 15 is 0 Å². The van der Waals surface area contributed by atoms with E-state index in [1.165, 1.54) is 55.5 Å². The lowest BCUT2D eigenvalue weighted by atomic mass is 9.34. The van der Waals surface area contributed by atoms with E-state index < -0.39 is 11.2 Å². The molecule has 1 N–H and O–H groups in total. The molecule has 1 saturated heterocycles. The van der Waals surface area contributed by atoms with E-state index in [1.54, 1.807) is 0 Å². The van der Waals surface area contributed by atoms with Gasteiger partial charge in [0.25, 0.3) is 0 Å². The normalized spacial score (nSPS) is 44.9. The van der Waals surface area contributed by atoms with Crippen molar-refractivity contribution in [1.82, 2.24) is 4.90 Å². The van der Waals surface area contributed by atoms with Crippen LogP contribution in [0.3, 0.4) is 0 Å². The van der Waals surface area contributed by atoms with E-state index in [1.807, 2.05) is 21.0 Å². The van der Waals surface area contributed by atoms with Gasteiger partial charge in [-0.25, -0.2) is 0 Å². The van der Waals surface area contributed by atoms with Gasteiger partial charge in [0, 0.05) is 42.0 Å². The predicted molar refractivity (Wildman–Crippen MR) is 119 cm³/mol. The zero-order chi connectivity index (χ0) is 21.4. The number of fused-ring (bicyclic) bond motifs is 2. The highest BCUT2D eigenvalue weighted by molar-refractivity contribution is 5.61. The summed E-state index contributed by atoms with van der Waals surface area (Å²) in [6, 6.07) is 5.24. The van der Waals surface area contributed by atoms with Crippen LogP contribution in [0.2, 0.25) is 0 Å². The minimum atomic E-state index is -0.784. The first-order chi connectivity index (χ1) is 14.8. The van der Waals surface area contributed by atoms with Gasteiger partial charge in [0.1, 0.15) is 17.5 Å². The van der Waals surface area contributed by atoms with Crippen molar-refractivity contribution in [2.45, 2.75) is 94.5 Å². The molecule has 4 saturated carbocycles. The number of nitrogens with zero attached hydrogens (tertiary/aromatic N) is 1. The number of hydrogen-bond donors (Lipinski definition) is 1. The number of aliphatic hydroxyl groups is 1. The van der Waals surface area contributed by atoms with Crippen LogP contribution in [0.25, 0.3) is 0 Å². The Labute approximate surface area is 186 Å². The maximum Gasteiger partial charge on any atom is 0.138 e. The van der Waals surface area contributed by atoms with E-state index in [2.05, 4.69) is 24.0 Å². The number of ether oxygens (including phenoxy) is 2. The fourth-order valence-electron chi connectivity index (χ4n) is 9.38.